The Balaban J connectivity index is 4.02. The number of rotatable bonds is 12. The van der Waals surface area contributed by atoms with Crippen LogP contribution in [0, 0.1) is 0 Å². The number of hydrogen-bond acceptors (Lipinski definition) is 3. The molecule has 0 fully saturated rings. The highest BCUT2D eigenvalue weighted by atomic mass is 16.7. The van der Waals surface area contributed by atoms with E-state index >= 15 is 0 Å². The molecule has 0 radical (unpaired) electrons. The number of ether oxygens (including phenoxy) is 2. The van der Waals surface area contributed by atoms with Crippen LogP contribution in [-0.2, 0) is 14.3 Å². The van der Waals surface area contributed by atoms with E-state index in [2.05, 4.69) is 45.9 Å². The highest BCUT2D eigenvalue weighted by molar-refractivity contribution is 5.81. The molecular weight excluding hydrogens is 288 g/mol. The van der Waals surface area contributed by atoms with E-state index in [-0.39, 0.29) is 5.78 Å². The predicted molar refractivity (Wildman–Crippen MR) is 97.5 cm³/mol. The van der Waals surface area contributed by atoms with Gasteiger partial charge in [-0.3, -0.25) is 4.79 Å². The van der Waals surface area contributed by atoms with Crippen LogP contribution in [0.1, 0.15) is 66.2 Å². The van der Waals surface area contributed by atoms with Gasteiger partial charge in [-0.15, -0.1) is 0 Å². The lowest BCUT2D eigenvalue weighted by Crippen LogP contribution is -2.24. The third kappa shape index (κ3) is 12.0. The van der Waals surface area contributed by atoms with Crippen LogP contribution in [0.3, 0.4) is 0 Å². The maximum absolute atomic E-state index is 11.7. The maximum atomic E-state index is 11.7. The molecule has 0 atom stereocenters. The number of ketones is 1. The lowest BCUT2D eigenvalue weighted by Gasteiger charge is -2.10. The standard InChI is InChI=1S/C20H34O3/c1-16(2)10-7-11-17(3)12-8-13-18(4)14-9-15-19(21)20(22-5)23-6/h10,12,14,20H,7-9,11,13,15H2,1-6H3/b17-12+,18-14-. The fraction of sp³-hybridized carbons (Fsp3) is 0.650. The summed E-state index contributed by atoms with van der Waals surface area (Å²) >= 11 is 0. The van der Waals surface area contributed by atoms with Crippen molar-refractivity contribution in [2.75, 3.05) is 14.2 Å². The van der Waals surface area contributed by atoms with Crippen molar-refractivity contribution in [3.8, 4) is 0 Å². The molecule has 0 aliphatic rings. The molecule has 0 unspecified atom stereocenters. The number of carbonyl (C=O) groups is 1. The van der Waals surface area contributed by atoms with Crippen molar-refractivity contribution in [3.05, 3.63) is 34.9 Å². The zero-order chi connectivity index (χ0) is 17.7. The predicted octanol–water partition coefficient (Wildman–Crippen LogP) is 5.37. The van der Waals surface area contributed by atoms with Gasteiger partial charge in [-0.25, -0.2) is 0 Å². The van der Waals surface area contributed by atoms with E-state index in [1.807, 2.05) is 0 Å². The van der Waals surface area contributed by atoms with Crippen molar-refractivity contribution in [1.82, 2.24) is 0 Å². The van der Waals surface area contributed by atoms with Crippen molar-refractivity contribution in [2.24, 2.45) is 0 Å². The van der Waals surface area contributed by atoms with Crippen molar-refractivity contribution >= 4 is 5.78 Å². The van der Waals surface area contributed by atoms with E-state index in [1.54, 1.807) is 0 Å². The summed E-state index contributed by atoms with van der Waals surface area (Å²) in [4.78, 5) is 11.7. The zero-order valence-corrected chi connectivity index (χ0v) is 15.8. The van der Waals surface area contributed by atoms with Crippen LogP contribution in [0.4, 0.5) is 0 Å². The van der Waals surface area contributed by atoms with Crippen LogP contribution in [0.25, 0.3) is 0 Å². The number of Topliss-reactive ketones (excluding diaryl/α,β-unsaturated/α-hetero) is 1. The minimum Gasteiger partial charge on any atom is -0.349 e. The number of carbonyl (C=O) groups excluding carboxylic acids is 1. The van der Waals surface area contributed by atoms with Gasteiger partial charge in [-0.2, -0.15) is 0 Å². The Bertz CT molecular complexity index is 422. The summed E-state index contributed by atoms with van der Waals surface area (Å²) in [6.45, 7) is 8.60. The Hall–Kier alpha value is -1.19. The van der Waals surface area contributed by atoms with Gasteiger partial charge in [-0.05, 0) is 59.8 Å². The molecule has 0 aromatic rings. The summed E-state index contributed by atoms with van der Waals surface area (Å²) in [6, 6.07) is 0. The summed E-state index contributed by atoms with van der Waals surface area (Å²) in [5, 5.41) is 0. The molecule has 23 heavy (non-hydrogen) atoms. The average Bonchev–Trinajstić information content (AvgIpc) is 2.48. The van der Waals surface area contributed by atoms with Crippen LogP contribution in [0.5, 0.6) is 0 Å². The first-order valence-electron chi connectivity index (χ1n) is 8.43. The minimum atomic E-state index is -0.727. The third-order valence-corrected chi connectivity index (χ3v) is 3.70. The van der Waals surface area contributed by atoms with Gasteiger partial charge < -0.3 is 9.47 Å². The highest BCUT2D eigenvalue weighted by Crippen LogP contribution is 2.12. The molecule has 0 aliphatic carbocycles. The Morgan fingerprint density at radius 1 is 0.783 bits per heavy atom. The Morgan fingerprint density at radius 2 is 1.22 bits per heavy atom. The molecule has 132 valence electrons. The van der Waals surface area contributed by atoms with Gasteiger partial charge in [0.2, 0.25) is 6.29 Å². The van der Waals surface area contributed by atoms with E-state index in [9.17, 15) is 4.79 Å². The van der Waals surface area contributed by atoms with E-state index in [1.165, 1.54) is 30.9 Å². The number of hydrogen-bond donors (Lipinski definition) is 0. The lowest BCUT2D eigenvalue weighted by atomic mass is 10.1. The minimum absolute atomic E-state index is 0.00550. The molecule has 0 heterocycles. The van der Waals surface area contributed by atoms with Crippen LogP contribution in [0.15, 0.2) is 34.9 Å². The average molecular weight is 322 g/mol. The number of allylic oxidation sites excluding steroid dienone is 6. The highest BCUT2D eigenvalue weighted by Gasteiger charge is 2.14. The van der Waals surface area contributed by atoms with Gasteiger partial charge in [0.25, 0.3) is 0 Å². The number of methoxy groups -OCH3 is 2. The molecule has 3 nitrogen and oxygen atoms in total. The first-order chi connectivity index (χ1) is 10.9. The molecule has 0 saturated carbocycles. The third-order valence-electron chi connectivity index (χ3n) is 3.70. The van der Waals surface area contributed by atoms with E-state index in [4.69, 9.17) is 9.47 Å². The summed E-state index contributed by atoms with van der Waals surface area (Å²) < 4.78 is 9.91. The van der Waals surface area contributed by atoms with Gasteiger partial charge in [0.15, 0.2) is 5.78 Å². The molecule has 0 amide bonds. The Kier molecular flexibility index (Phi) is 12.6. The van der Waals surface area contributed by atoms with Crippen molar-refractivity contribution in [1.29, 1.82) is 0 Å². The normalized spacial score (nSPS) is 12.7. The zero-order valence-electron chi connectivity index (χ0n) is 15.8. The molecule has 0 rings (SSSR count). The van der Waals surface area contributed by atoms with Crippen LogP contribution in [-0.4, -0.2) is 26.3 Å². The summed E-state index contributed by atoms with van der Waals surface area (Å²) in [7, 11) is 2.97. The van der Waals surface area contributed by atoms with Gasteiger partial charge in [0.1, 0.15) is 0 Å². The summed E-state index contributed by atoms with van der Waals surface area (Å²) in [5.74, 6) is -0.00550. The largest absolute Gasteiger partial charge is 0.349 e. The monoisotopic (exact) mass is 322 g/mol. The van der Waals surface area contributed by atoms with Crippen molar-refractivity contribution < 1.29 is 14.3 Å². The fourth-order valence-corrected chi connectivity index (χ4v) is 2.28. The maximum Gasteiger partial charge on any atom is 0.217 e. The van der Waals surface area contributed by atoms with Gasteiger partial charge in [0.05, 0.1) is 0 Å². The van der Waals surface area contributed by atoms with Crippen molar-refractivity contribution in [3.63, 3.8) is 0 Å². The van der Waals surface area contributed by atoms with Gasteiger partial charge in [-0.1, -0.05) is 34.9 Å². The van der Waals surface area contributed by atoms with E-state index < -0.39 is 6.29 Å². The molecule has 0 aliphatic heterocycles. The molecule has 0 N–H and O–H groups in total. The topological polar surface area (TPSA) is 35.5 Å². The van der Waals surface area contributed by atoms with E-state index in [0.29, 0.717) is 6.42 Å². The molecule has 0 aromatic carbocycles. The van der Waals surface area contributed by atoms with Crippen LogP contribution < -0.4 is 0 Å². The second-order valence-corrected chi connectivity index (χ2v) is 6.27. The molecule has 3 heteroatoms. The SMILES string of the molecule is COC(OC)C(=O)CC/C=C(/C)CC/C=C(\C)CCC=C(C)C. The first kappa shape index (κ1) is 21.8. The van der Waals surface area contributed by atoms with Crippen LogP contribution in [0.2, 0.25) is 0 Å². The molecule has 0 saturated heterocycles. The molecule has 0 aromatic heterocycles. The second kappa shape index (κ2) is 13.3. The quantitative estimate of drug-likeness (QED) is 0.358. The molecular formula is C20H34O3. The van der Waals surface area contributed by atoms with Gasteiger partial charge >= 0.3 is 0 Å². The Labute approximate surface area is 142 Å². The fourth-order valence-electron chi connectivity index (χ4n) is 2.28. The summed E-state index contributed by atoms with van der Waals surface area (Å²) in [5.41, 5.74) is 4.17. The Morgan fingerprint density at radius 3 is 1.65 bits per heavy atom. The smallest absolute Gasteiger partial charge is 0.217 e. The summed E-state index contributed by atoms with van der Waals surface area (Å²) in [6.07, 6.45) is 11.6. The van der Waals surface area contributed by atoms with E-state index in [0.717, 1.165) is 32.1 Å². The van der Waals surface area contributed by atoms with Gasteiger partial charge in [0, 0.05) is 20.6 Å². The molecule has 0 bridgehead atoms. The van der Waals surface area contributed by atoms with Crippen LogP contribution >= 0.6 is 0 Å². The second-order valence-electron chi connectivity index (χ2n) is 6.27. The van der Waals surface area contributed by atoms with Crippen molar-refractivity contribution in [2.45, 2.75) is 72.5 Å². The molecule has 0 spiro atoms. The first-order valence-corrected chi connectivity index (χ1v) is 8.43. The lowest BCUT2D eigenvalue weighted by molar-refractivity contribution is -0.156.